The van der Waals surface area contributed by atoms with Crippen molar-refractivity contribution in [3.63, 3.8) is 0 Å². The molecule has 1 aliphatic heterocycles. The number of nitrogens with two attached hydrogens (primary N) is 1. The summed E-state index contributed by atoms with van der Waals surface area (Å²) in [4.78, 5) is 4.39. The van der Waals surface area contributed by atoms with Gasteiger partial charge in [-0.25, -0.2) is 4.98 Å². The first kappa shape index (κ1) is 12.6. The molecule has 2 heterocycles. The predicted molar refractivity (Wildman–Crippen MR) is 67.8 cm³/mol. The van der Waals surface area contributed by atoms with Gasteiger partial charge in [-0.05, 0) is 25.7 Å². The van der Waals surface area contributed by atoms with E-state index in [1.807, 2.05) is 12.4 Å². The second-order valence-corrected chi connectivity index (χ2v) is 4.83. The molecule has 2 unspecified atom stereocenters. The Labute approximate surface area is 103 Å². The van der Waals surface area contributed by atoms with E-state index >= 15 is 0 Å². The lowest BCUT2D eigenvalue weighted by Gasteiger charge is -2.13. The summed E-state index contributed by atoms with van der Waals surface area (Å²) in [6.45, 7) is 4.04. The first-order chi connectivity index (χ1) is 8.29. The summed E-state index contributed by atoms with van der Waals surface area (Å²) in [6, 6.07) is 0.221. The highest BCUT2D eigenvalue weighted by molar-refractivity contribution is 4.95. The fourth-order valence-corrected chi connectivity index (χ4v) is 2.27. The standard InChI is InChI=1S/C13H23N3O/c1-2-11(14)10-13-15-6-8-16(13)7-5-12-4-3-9-17-12/h6,8,11-12H,2-5,7,9-10,14H2,1H3. The van der Waals surface area contributed by atoms with Crippen LogP contribution >= 0.6 is 0 Å². The lowest BCUT2D eigenvalue weighted by Crippen LogP contribution is -2.24. The molecule has 1 aromatic rings. The van der Waals surface area contributed by atoms with Crippen LogP contribution in [0.5, 0.6) is 0 Å². The summed E-state index contributed by atoms with van der Waals surface area (Å²) in [6.07, 6.45) is 9.74. The van der Waals surface area contributed by atoms with Crippen LogP contribution in [0.4, 0.5) is 0 Å². The molecule has 1 aliphatic rings. The SMILES string of the molecule is CCC(N)Cc1nccn1CCC1CCCO1. The number of hydrogen-bond donors (Lipinski definition) is 1. The Bertz CT molecular complexity index is 331. The number of aromatic nitrogens is 2. The molecule has 0 aliphatic carbocycles. The van der Waals surface area contributed by atoms with Crippen molar-refractivity contribution in [2.75, 3.05) is 6.61 Å². The minimum Gasteiger partial charge on any atom is -0.378 e. The third-order valence-corrected chi connectivity index (χ3v) is 3.49. The molecule has 0 aromatic carbocycles. The molecular weight excluding hydrogens is 214 g/mol. The van der Waals surface area contributed by atoms with Crippen molar-refractivity contribution >= 4 is 0 Å². The first-order valence-electron chi connectivity index (χ1n) is 6.66. The maximum atomic E-state index is 5.97. The summed E-state index contributed by atoms with van der Waals surface area (Å²) in [5, 5.41) is 0. The Hall–Kier alpha value is -0.870. The van der Waals surface area contributed by atoms with Crippen molar-refractivity contribution in [2.24, 2.45) is 5.73 Å². The number of rotatable bonds is 6. The molecule has 2 N–H and O–H groups in total. The van der Waals surface area contributed by atoms with Crippen LogP contribution < -0.4 is 5.73 Å². The highest BCUT2D eigenvalue weighted by atomic mass is 16.5. The van der Waals surface area contributed by atoms with Gasteiger partial charge in [0, 0.05) is 38.0 Å². The highest BCUT2D eigenvalue weighted by Crippen LogP contribution is 2.16. The van der Waals surface area contributed by atoms with Crippen molar-refractivity contribution < 1.29 is 4.74 Å². The molecule has 1 aromatic heterocycles. The Balaban J connectivity index is 1.85. The van der Waals surface area contributed by atoms with E-state index in [-0.39, 0.29) is 6.04 Å². The molecule has 2 rings (SSSR count). The smallest absolute Gasteiger partial charge is 0.110 e. The van der Waals surface area contributed by atoms with Gasteiger partial charge in [0.15, 0.2) is 0 Å². The third kappa shape index (κ3) is 3.54. The molecule has 0 bridgehead atoms. The van der Waals surface area contributed by atoms with Crippen LogP contribution in [0.1, 0.15) is 38.4 Å². The Morgan fingerprint density at radius 2 is 2.53 bits per heavy atom. The summed E-state index contributed by atoms with van der Waals surface area (Å²) >= 11 is 0. The van der Waals surface area contributed by atoms with Crippen LogP contribution in [-0.2, 0) is 17.7 Å². The van der Waals surface area contributed by atoms with E-state index in [9.17, 15) is 0 Å². The molecule has 0 radical (unpaired) electrons. The molecule has 1 saturated heterocycles. The zero-order chi connectivity index (χ0) is 12.1. The van der Waals surface area contributed by atoms with Crippen molar-refractivity contribution in [1.82, 2.24) is 9.55 Å². The van der Waals surface area contributed by atoms with Gasteiger partial charge in [-0.15, -0.1) is 0 Å². The topological polar surface area (TPSA) is 53.1 Å². The minimum atomic E-state index is 0.221. The van der Waals surface area contributed by atoms with E-state index in [4.69, 9.17) is 10.5 Å². The highest BCUT2D eigenvalue weighted by Gasteiger charge is 2.16. The lowest BCUT2D eigenvalue weighted by atomic mass is 10.1. The minimum absolute atomic E-state index is 0.221. The van der Waals surface area contributed by atoms with E-state index in [0.29, 0.717) is 6.10 Å². The fraction of sp³-hybridized carbons (Fsp3) is 0.769. The molecule has 1 fully saturated rings. The third-order valence-electron chi connectivity index (χ3n) is 3.49. The van der Waals surface area contributed by atoms with Gasteiger partial charge in [-0.3, -0.25) is 0 Å². The molecule has 4 nitrogen and oxygen atoms in total. The Morgan fingerprint density at radius 3 is 3.24 bits per heavy atom. The van der Waals surface area contributed by atoms with Crippen molar-refractivity contribution in [2.45, 2.75) is 57.7 Å². The van der Waals surface area contributed by atoms with E-state index < -0.39 is 0 Å². The average Bonchev–Trinajstić information content (AvgIpc) is 2.97. The van der Waals surface area contributed by atoms with E-state index in [1.165, 1.54) is 12.8 Å². The van der Waals surface area contributed by atoms with E-state index in [0.717, 1.165) is 38.2 Å². The molecule has 96 valence electrons. The van der Waals surface area contributed by atoms with Gasteiger partial charge >= 0.3 is 0 Å². The summed E-state index contributed by atoms with van der Waals surface area (Å²) in [7, 11) is 0. The number of ether oxygens (including phenoxy) is 1. The van der Waals surface area contributed by atoms with Gasteiger partial charge in [0.1, 0.15) is 5.82 Å². The van der Waals surface area contributed by atoms with Gasteiger partial charge in [-0.2, -0.15) is 0 Å². The van der Waals surface area contributed by atoms with Crippen LogP contribution in [0.15, 0.2) is 12.4 Å². The number of nitrogens with zero attached hydrogens (tertiary/aromatic N) is 2. The molecule has 0 spiro atoms. The van der Waals surface area contributed by atoms with Gasteiger partial charge in [0.05, 0.1) is 6.10 Å². The fourth-order valence-electron chi connectivity index (χ4n) is 2.27. The van der Waals surface area contributed by atoms with E-state index in [1.54, 1.807) is 0 Å². The van der Waals surface area contributed by atoms with Crippen LogP contribution in [-0.4, -0.2) is 28.3 Å². The largest absolute Gasteiger partial charge is 0.378 e. The summed E-state index contributed by atoms with van der Waals surface area (Å²) < 4.78 is 7.85. The van der Waals surface area contributed by atoms with Gasteiger partial charge < -0.3 is 15.0 Å². The lowest BCUT2D eigenvalue weighted by molar-refractivity contribution is 0.100. The maximum Gasteiger partial charge on any atom is 0.110 e. The van der Waals surface area contributed by atoms with Crippen LogP contribution in [0.3, 0.4) is 0 Å². The molecule has 0 amide bonds. The van der Waals surface area contributed by atoms with Crippen molar-refractivity contribution in [3.8, 4) is 0 Å². The zero-order valence-electron chi connectivity index (χ0n) is 10.6. The Morgan fingerprint density at radius 1 is 1.65 bits per heavy atom. The Kier molecular flexibility index (Phi) is 4.57. The second-order valence-electron chi connectivity index (χ2n) is 4.83. The molecule has 17 heavy (non-hydrogen) atoms. The summed E-state index contributed by atoms with van der Waals surface area (Å²) in [5.41, 5.74) is 5.97. The van der Waals surface area contributed by atoms with Gasteiger partial charge in [0.2, 0.25) is 0 Å². The van der Waals surface area contributed by atoms with Crippen LogP contribution in [0.25, 0.3) is 0 Å². The molecule has 2 atom stereocenters. The quantitative estimate of drug-likeness (QED) is 0.820. The molecule has 0 saturated carbocycles. The van der Waals surface area contributed by atoms with Crippen LogP contribution in [0.2, 0.25) is 0 Å². The predicted octanol–water partition coefficient (Wildman–Crippen LogP) is 1.73. The summed E-state index contributed by atoms with van der Waals surface area (Å²) in [5.74, 6) is 1.11. The monoisotopic (exact) mass is 237 g/mol. The normalized spacial score (nSPS) is 21.9. The van der Waals surface area contributed by atoms with Gasteiger partial charge in [0.25, 0.3) is 0 Å². The van der Waals surface area contributed by atoms with Gasteiger partial charge in [-0.1, -0.05) is 6.92 Å². The molecular formula is C13H23N3O. The number of imidazole rings is 1. The molecule has 4 heteroatoms. The van der Waals surface area contributed by atoms with Crippen LogP contribution in [0, 0.1) is 0 Å². The number of aryl methyl sites for hydroxylation is 1. The first-order valence-corrected chi connectivity index (χ1v) is 6.66. The second kappa shape index (κ2) is 6.17. The average molecular weight is 237 g/mol. The van der Waals surface area contributed by atoms with Crippen molar-refractivity contribution in [3.05, 3.63) is 18.2 Å². The van der Waals surface area contributed by atoms with Crippen molar-refractivity contribution in [1.29, 1.82) is 0 Å². The number of hydrogen-bond acceptors (Lipinski definition) is 3. The zero-order valence-corrected chi connectivity index (χ0v) is 10.6. The van der Waals surface area contributed by atoms with E-state index in [2.05, 4.69) is 16.5 Å². The maximum absolute atomic E-state index is 5.97.